The molecule has 0 aromatic heterocycles. The Morgan fingerprint density at radius 2 is 1.86 bits per heavy atom. The molecule has 22 heavy (non-hydrogen) atoms. The summed E-state index contributed by atoms with van der Waals surface area (Å²) in [5.74, 6) is -0.172. The van der Waals surface area contributed by atoms with E-state index in [0.29, 0.717) is 15.6 Å². The maximum absolute atomic E-state index is 12.1. The van der Waals surface area contributed by atoms with Gasteiger partial charge in [-0.05, 0) is 24.3 Å². The number of nitrogens with one attached hydrogen (secondary N) is 1. The molecule has 0 radical (unpaired) electrons. The molecule has 0 aliphatic heterocycles. The molecule has 0 aliphatic carbocycles. The van der Waals surface area contributed by atoms with Crippen molar-refractivity contribution in [2.75, 3.05) is 21.1 Å². The Hall–Kier alpha value is -2.66. The monoisotopic (exact) mass is 298 g/mol. The Balaban J connectivity index is 2.09. The van der Waals surface area contributed by atoms with E-state index >= 15 is 0 Å². The summed E-state index contributed by atoms with van der Waals surface area (Å²) in [6.45, 7) is 0. The molecule has 114 valence electrons. The molecule has 2 aromatic rings. The van der Waals surface area contributed by atoms with Crippen LogP contribution in [0.5, 0.6) is 5.75 Å². The van der Waals surface area contributed by atoms with Crippen LogP contribution in [-0.4, -0.2) is 38.4 Å². The quantitative estimate of drug-likeness (QED) is 0.517. The molecule has 0 spiro atoms. The highest BCUT2D eigenvalue weighted by Gasteiger charge is 2.14. The standard InChI is InChI=1S/C17H19N3O2/c1-20(2,3)15-9-6-8-13(11-15)17(22)19-18-12-14-7-4-5-10-16(14)21/h4-12H,1-3H3,(H-,18,19,21,22)/p+1. The summed E-state index contributed by atoms with van der Waals surface area (Å²) in [6, 6.07) is 14.2. The number of benzene rings is 2. The Morgan fingerprint density at radius 3 is 2.55 bits per heavy atom. The average Bonchev–Trinajstić information content (AvgIpc) is 2.48. The maximum atomic E-state index is 12.1. The van der Waals surface area contributed by atoms with Crippen molar-refractivity contribution in [2.45, 2.75) is 0 Å². The Morgan fingerprint density at radius 1 is 1.14 bits per heavy atom. The summed E-state index contributed by atoms with van der Waals surface area (Å²) < 4.78 is 0.627. The van der Waals surface area contributed by atoms with E-state index in [4.69, 9.17) is 0 Å². The van der Waals surface area contributed by atoms with Gasteiger partial charge >= 0.3 is 0 Å². The van der Waals surface area contributed by atoms with Crippen LogP contribution < -0.4 is 9.91 Å². The van der Waals surface area contributed by atoms with Crippen LogP contribution in [0.2, 0.25) is 0 Å². The number of nitrogens with zero attached hydrogens (tertiary/aromatic N) is 2. The number of hydrazone groups is 1. The van der Waals surface area contributed by atoms with Crippen molar-refractivity contribution >= 4 is 17.8 Å². The van der Waals surface area contributed by atoms with Crippen molar-refractivity contribution in [1.29, 1.82) is 0 Å². The van der Waals surface area contributed by atoms with Crippen molar-refractivity contribution in [2.24, 2.45) is 5.10 Å². The van der Waals surface area contributed by atoms with E-state index in [1.165, 1.54) is 6.21 Å². The van der Waals surface area contributed by atoms with E-state index in [9.17, 15) is 9.90 Å². The number of carbonyl (C=O) groups excluding carboxylic acids is 1. The molecule has 2 N–H and O–H groups in total. The second-order valence-corrected chi connectivity index (χ2v) is 5.82. The third-order valence-corrected chi connectivity index (χ3v) is 3.19. The fraction of sp³-hybridized carbons (Fsp3) is 0.176. The summed E-state index contributed by atoms with van der Waals surface area (Å²) in [7, 11) is 6.11. The van der Waals surface area contributed by atoms with Crippen LogP contribution >= 0.6 is 0 Å². The molecule has 2 aromatic carbocycles. The molecule has 0 saturated heterocycles. The minimum atomic E-state index is -0.290. The van der Waals surface area contributed by atoms with Crippen molar-refractivity contribution in [3.05, 3.63) is 59.7 Å². The van der Waals surface area contributed by atoms with Gasteiger partial charge in [0.25, 0.3) is 5.91 Å². The first-order valence-electron chi connectivity index (χ1n) is 6.91. The number of carbonyl (C=O) groups is 1. The molecule has 0 saturated carbocycles. The molecule has 2 rings (SSSR count). The van der Waals surface area contributed by atoms with Gasteiger partial charge < -0.3 is 5.11 Å². The van der Waals surface area contributed by atoms with E-state index in [1.807, 2.05) is 39.3 Å². The minimum Gasteiger partial charge on any atom is -0.507 e. The molecule has 1 amide bonds. The molecule has 5 heteroatoms. The van der Waals surface area contributed by atoms with Crippen LogP contribution in [0, 0.1) is 0 Å². The van der Waals surface area contributed by atoms with Crippen LogP contribution in [0.4, 0.5) is 5.69 Å². The molecular weight excluding hydrogens is 278 g/mol. The number of rotatable bonds is 4. The third kappa shape index (κ3) is 3.93. The van der Waals surface area contributed by atoms with Crippen LogP contribution in [-0.2, 0) is 0 Å². The predicted molar refractivity (Wildman–Crippen MR) is 89.2 cm³/mol. The van der Waals surface area contributed by atoms with Gasteiger partial charge in [-0.15, -0.1) is 0 Å². The Bertz CT molecular complexity index is 703. The van der Waals surface area contributed by atoms with Gasteiger partial charge in [-0.25, -0.2) is 5.43 Å². The highest BCUT2D eigenvalue weighted by Crippen LogP contribution is 2.18. The number of hydrogen-bond donors (Lipinski definition) is 2. The predicted octanol–water partition coefficient (Wildman–Crippen LogP) is 2.35. The second kappa shape index (κ2) is 6.41. The highest BCUT2D eigenvalue weighted by atomic mass is 16.3. The van der Waals surface area contributed by atoms with E-state index in [0.717, 1.165) is 5.69 Å². The molecule has 0 unspecified atom stereocenters. The summed E-state index contributed by atoms with van der Waals surface area (Å²) in [5, 5.41) is 13.5. The van der Waals surface area contributed by atoms with Gasteiger partial charge in [-0.2, -0.15) is 5.10 Å². The van der Waals surface area contributed by atoms with Crippen LogP contribution in [0.25, 0.3) is 0 Å². The van der Waals surface area contributed by atoms with Gasteiger partial charge in [0, 0.05) is 17.2 Å². The van der Waals surface area contributed by atoms with E-state index < -0.39 is 0 Å². The lowest BCUT2D eigenvalue weighted by Gasteiger charge is -2.23. The number of quaternary nitrogens is 1. The SMILES string of the molecule is C[N+](C)(C)c1cccc(C(=O)N/N=C/c2ccccc2O)c1. The van der Waals surface area contributed by atoms with Crippen molar-refractivity contribution in [3.8, 4) is 5.75 Å². The molecule has 0 fully saturated rings. The highest BCUT2D eigenvalue weighted by molar-refractivity contribution is 5.95. The molecule has 0 atom stereocenters. The zero-order valence-electron chi connectivity index (χ0n) is 12.9. The van der Waals surface area contributed by atoms with Crippen LogP contribution in [0.1, 0.15) is 15.9 Å². The summed E-state index contributed by atoms with van der Waals surface area (Å²) >= 11 is 0. The van der Waals surface area contributed by atoms with Gasteiger partial charge in [0.05, 0.1) is 27.4 Å². The fourth-order valence-electron chi connectivity index (χ4n) is 1.89. The zero-order valence-corrected chi connectivity index (χ0v) is 12.9. The van der Waals surface area contributed by atoms with Gasteiger partial charge in [-0.1, -0.05) is 18.2 Å². The molecule has 0 bridgehead atoms. The van der Waals surface area contributed by atoms with Gasteiger partial charge in [-0.3, -0.25) is 9.28 Å². The maximum Gasteiger partial charge on any atom is 0.271 e. The number of aromatic hydroxyl groups is 1. The summed E-state index contributed by atoms with van der Waals surface area (Å²) in [5.41, 5.74) is 4.58. The second-order valence-electron chi connectivity index (χ2n) is 5.82. The number of para-hydroxylation sites is 1. The Kier molecular flexibility index (Phi) is 4.58. The van der Waals surface area contributed by atoms with E-state index in [1.54, 1.807) is 30.3 Å². The third-order valence-electron chi connectivity index (χ3n) is 3.19. The zero-order chi connectivity index (χ0) is 16.2. The summed E-state index contributed by atoms with van der Waals surface area (Å²) in [4.78, 5) is 12.1. The molecule has 0 aliphatic rings. The molecule has 0 heterocycles. The van der Waals surface area contributed by atoms with Gasteiger partial charge in [0.15, 0.2) is 0 Å². The number of hydrogen-bond acceptors (Lipinski definition) is 3. The lowest BCUT2D eigenvalue weighted by molar-refractivity contribution is 0.0955. The first kappa shape index (κ1) is 15.7. The Labute approximate surface area is 130 Å². The summed E-state index contributed by atoms with van der Waals surface area (Å²) in [6.07, 6.45) is 1.41. The van der Waals surface area contributed by atoms with Crippen LogP contribution in [0.15, 0.2) is 53.6 Å². The molecule has 5 nitrogen and oxygen atoms in total. The molecular formula is C17H20N3O2+. The topological polar surface area (TPSA) is 61.7 Å². The largest absolute Gasteiger partial charge is 0.507 e. The smallest absolute Gasteiger partial charge is 0.271 e. The minimum absolute atomic E-state index is 0.118. The van der Waals surface area contributed by atoms with Crippen LogP contribution in [0.3, 0.4) is 0 Å². The lowest BCUT2D eigenvalue weighted by Crippen LogP contribution is -2.35. The van der Waals surface area contributed by atoms with E-state index in [-0.39, 0.29) is 11.7 Å². The lowest BCUT2D eigenvalue weighted by atomic mass is 10.1. The number of phenols is 1. The number of phenolic OH excluding ortho intramolecular Hbond substituents is 1. The van der Waals surface area contributed by atoms with Gasteiger partial charge in [0.2, 0.25) is 0 Å². The van der Waals surface area contributed by atoms with Crippen molar-refractivity contribution in [3.63, 3.8) is 0 Å². The van der Waals surface area contributed by atoms with Crippen molar-refractivity contribution in [1.82, 2.24) is 9.91 Å². The normalized spacial score (nSPS) is 11.6. The first-order valence-corrected chi connectivity index (χ1v) is 6.91. The average molecular weight is 298 g/mol. The fourth-order valence-corrected chi connectivity index (χ4v) is 1.89. The number of amides is 1. The van der Waals surface area contributed by atoms with Crippen molar-refractivity contribution < 1.29 is 9.90 Å². The van der Waals surface area contributed by atoms with Gasteiger partial charge in [0.1, 0.15) is 11.4 Å². The van der Waals surface area contributed by atoms with E-state index in [2.05, 4.69) is 10.5 Å². The first-order chi connectivity index (χ1) is 10.4.